The third kappa shape index (κ3) is 4.69. The second kappa shape index (κ2) is 12.1. The summed E-state index contributed by atoms with van der Waals surface area (Å²) in [7, 11) is 0. The quantitative estimate of drug-likeness (QED) is 0.174. The first kappa shape index (κ1) is 30.3. The van der Waals surface area contributed by atoms with Gasteiger partial charge in [-0.1, -0.05) is 115 Å². The number of hydrogen-bond acceptors (Lipinski definition) is 4. The van der Waals surface area contributed by atoms with Crippen LogP contribution in [0.15, 0.2) is 197 Å². The minimum atomic E-state index is 0.588. The van der Waals surface area contributed by atoms with E-state index in [9.17, 15) is 0 Å². The fraction of sp³-hybridized carbons (Fsp3) is 0. The van der Waals surface area contributed by atoms with Gasteiger partial charge in [-0.05, 0) is 78.4 Å². The van der Waals surface area contributed by atoms with Crippen LogP contribution in [-0.4, -0.2) is 9.55 Å². The number of benzene rings is 8. The van der Waals surface area contributed by atoms with Crippen LogP contribution in [0, 0.1) is 0 Å². The topological polar surface area (TPSA) is 47.3 Å². The van der Waals surface area contributed by atoms with E-state index < -0.39 is 0 Å². The normalized spacial score (nSPS) is 11.7. The molecule has 54 heavy (non-hydrogen) atoms. The summed E-state index contributed by atoms with van der Waals surface area (Å²) in [5, 5.41) is 4.24. The number of nitrogens with zero attached hydrogens (tertiary/aromatic N) is 3. The van der Waals surface area contributed by atoms with Gasteiger partial charge in [-0.3, -0.25) is 0 Å². The smallest absolute Gasteiger partial charge is 0.227 e. The molecule has 0 saturated carbocycles. The molecule has 0 bridgehead atoms. The van der Waals surface area contributed by atoms with Crippen LogP contribution in [0.4, 0.5) is 17.1 Å². The predicted molar refractivity (Wildman–Crippen MR) is 221 cm³/mol. The lowest BCUT2D eigenvalue weighted by atomic mass is 10.0. The molecular formula is C49H31N3O2. The summed E-state index contributed by atoms with van der Waals surface area (Å²) in [4.78, 5) is 7.22. The van der Waals surface area contributed by atoms with Crippen LogP contribution in [0.1, 0.15) is 0 Å². The minimum Gasteiger partial charge on any atom is -0.454 e. The number of para-hydroxylation sites is 4. The van der Waals surface area contributed by atoms with Crippen LogP contribution in [-0.2, 0) is 0 Å². The number of furan rings is 1. The van der Waals surface area contributed by atoms with E-state index in [1.807, 2.05) is 42.5 Å². The summed E-state index contributed by atoms with van der Waals surface area (Å²) < 4.78 is 15.7. The zero-order valence-electron chi connectivity index (χ0n) is 29.1. The molecule has 254 valence electrons. The van der Waals surface area contributed by atoms with Gasteiger partial charge in [0, 0.05) is 38.7 Å². The molecule has 11 aromatic rings. The number of aromatic nitrogens is 2. The fourth-order valence-electron chi connectivity index (χ4n) is 8.03. The Kier molecular flexibility index (Phi) is 6.79. The summed E-state index contributed by atoms with van der Waals surface area (Å²) in [5.74, 6) is 0.588. The molecule has 0 fully saturated rings. The van der Waals surface area contributed by atoms with Crippen molar-refractivity contribution in [2.24, 2.45) is 0 Å². The van der Waals surface area contributed by atoms with Crippen molar-refractivity contribution < 1.29 is 8.83 Å². The molecule has 0 N–H and O–H groups in total. The lowest BCUT2D eigenvalue weighted by Crippen LogP contribution is -2.11. The molecular weight excluding hydrogens is 663 g/mol. The van der Waals surface area contributed by atoms with E-state index in [2.05, 4.69) is 155 Å². The molecule has 0 spiro atoms. The first-order valence-electron chi connectivity index (χ1n) is 18.1. The van der Waals surface area contributed by atoms with E-state index in [0.29, 0.717) is 11.5 Å². The third-order valence-corrected chi connectivity index (χ3v) is 10.4. The second-order valence-corrected chi connectivity index (χ2v) is 13.5. The molecule has 0 atom stereocenters. The lowest BCUT2D eigenvalue weighted by molar-refractivity contribution is 0.622. The van der Waals surface area contributed by atoms with Gasteiger partial charge in [0.15, 0.2) is 11.2 Å². The largest absolute Gasteiger partial charge is 0.454 e. The Hall–Kier alpha value is -7.37. The molecule has 0 aliphatic heterocycles. The number of fused-ring (bicyclic) bond motifs is 8. The second-order valence-electron chi connectivity index (χ2n) is 13.5. The van der Waals surface area contributed by atoms with E-state index >= 15 is 0 Å². The highest BCUT2D eigenvalue weighted by molar-refractivity contribution is 6.19. The van der Waals surface area contributed by atoms with Crippen molar-refractivity contribution >= 4 is 71.9 Å². The zero-order valence-corrected chi connectivity index (χ0v) is 29.1. The number of anilines is 3. The molecule has 0 radical (unpaired) electrons. The molecule has 5 nitrogen and oxygen atoms in total. The number of hydrogen-bond donors (Lipinski definition) is 0. The molecule has 0 unspecified atom stereocenters. The van der Waals surface area contributed by atoms with Crippen LogP contribution in [0.3, 0.4) is 0 Å². The maximum atomic E-state index is 6.86. The van der Waals surface area contributed by atoms with Gasteiger partial charge in [-0.2, -0.15) is 0 Å². The molecule has 8 aromatic carbocycles. The van der Waals surface area contributed by atoms with Crippen LogP contribution >= 0.6 is 0 Å². The number of rotatable bonds is 6. The van der Waals surface area contributed by atoms with Gasteiger partial charge >= 0.3 is 0 Å². The lowest BCUT2D eigenvalue weighted by Gasteiger charge is -2.28. The minimum absolute atomic E-state index is 0.588. The number of oxazole rings is 1. The molecule has 5 heteroatoms. The Bertz CT molecular complexity index is 3160. The first-order valence-corrected chi connectivity index (χ1v) is 18.1. The summed E-state index contributed by atoms with van der Waals surface area (Å²) in [5.41, 5.74) is 12.6. The van der Waals surface area contributed by atoms with Gasteiger partial charge in [-0.25, -0.2) is 4.98 Å². The monoisotopic (exact) mass is 693 g/mol. The average molecular weight is 694 g/mol. The molecule has 3 heterocycles. The zero-order chi connectivity index (χ0) is 35.6. The standard InChI is InChI=1S/C49H31N3O2/c1-4-15-32(16-5-1)36-21-10-12-24-41(36)52(35-27-29-43-39(31-35)37-22-11-13-25-42(37)51(43)34-19-8-3-9-20-34)44-26-14-23-38-46-45(53-47(38)44)30-28-40-48(46)54-49(50-40)33-17-6-2-7-18-33/h1-31H. The summed E-state index contributed by atoms with van der Waals surface area (Å²) in [6.07, 6.45) is 0. The van der Waals surface area contributed by atoms with Crippen molar-refractivity contribution in [1.82, 2.24) is 9.55 Å². The molecule has 11 rings (SSSR count). The first-order chi connectivity index (χ1) is 26.8. The van der Waals surface area contributed by atoms with Crippen molar-refractivity contribution in [3.63, 3.8) is 0 Å². The highest BCUT2D eigenvalue weighted by Gasteiger charge is 2.25. The maximum absolute atomic E-state index is 6.86. The van der Waals surface area contributed by atoms with Crippen LogP contribution in [0.25, 0.3) is 83.1 Å². The van der Waals surface area contributed by atoms with E-state index in [4.69, 9.17) is 13.8 Å². The van der Waals surface area contributed by atoms with Crippen molar-refractivity contribution in [2.45, 2.75) is 0 Å². The predicted octanol–water partition coefficient (Wildman–Crippen LogP) is 13.6. The third-order valence-electron chi connectivity index (χ3n) is 10.4. The van der Waals surface area contributed by atoms with Crippen molar-refractivity contribution in [1.29, 1.82) is 0 Å². The highest BCUT2D eigenvalue weighted by Crippen LogP contribution is 2.47. The average Bonchev–Trinajstić information content (AvgIpc) is 3.94. The highest BCUT2D eigenvalue weighted by atomic mass is 16.4. The Morgan fingerprint density at radius 2 is 1.13 bits per heavy atom. The molecule has 3 aromatic heterocycles. The van der Waals surface area contributed by atoms with E-state index in [0.717, 1.165) is 77.9 Å². The van der Waals surface area contributed by atoms with Gasteiger partial charge in [0.1, 0.15) is 11.1 Å². The van der Waals surface area contributed by atoms with Gasteiger partial charge in [0.05, 0.1) is 27.8 Å². The van der Waals surface area contributed by atoms with Crippen LogP contribution in [0.2, 0.25) is 0 Å². The summed E-state index contributed by atoms with van der Waals surface area (Å²) in [6.45, 7) is 0. The van der Waals surface area contributed by atoms with E-state index in [-0.39, 0.29) is 0 Å². The Balaban J connectivity index is 1.19. The molecule has 0 saturated heterocycles. The van der Waals surface area contributed by atoms with E-state index in [1.165, 1.54) is 10.8 Å². The van der Waals surface area contributed by atoms with Gasteiger partial charge in [-0.15, -0.1) is 0 Å². The van der Waals surface area contributed by atoms with Crippen molar-refractivity contribution in [3.05, 3.63) is 188 Å². The summed E-state index contributed by atoms with van der Waals surface area (Å²) in [6, 6.07) is 65.6. The molecule has 0 aliphatic carbocycles. The van der Waals surface area contributed by atoms with Crippen molar-refractivity contribution in [2.75, 3.05) is 4.90 Å². The van der Waals surface area contributed by atoms with Gasteiger partial charge in [0.25, 0.3) is 0 Å². The van der Waals surface area contributed by atoms with Gasteiger partial charge in [0.2, 0.25) is 5.89 Å². The Labute approximate surface area is 310 Å². The molecule has 0 amide bonds. The Morgan fingerprint density at radius 1 is 0.463 bits per heavy atom. The van der Waals surface area contributed by atoms with Crippen LogP contribution in [0.5, 0.6) is 0 Å². The maximum Gasteiger partial charge on any atom is 0.227 e. The van der Waals surface area contributed by atoms with Crippen LogP contribution < -0.4 is 4.90 Å². The molecule has 0 aliphatic rings. The van der Waals surface area contributed by atoms with Crippen molar-refractivity contribution in [3.8, 4) is 28.3 Å². The van der Waals surface area contributed by atoms with E-state index in [1.54, 1.807) is 0 Å². The SMILES string of the molecule is c1ccc(-c2nc3ccc4oc5c(N(c6ccc7c(c6)c6ccccc6n7-c6ccccc6)c6ccccc6-c6ccccc6)cccc5c4c3o2)cc1. The fourth-order valence-corrected chi connectivity index (χ4v) is 8.03. The van der Waals surface area contributed by atoms with Gasteiger partial charge < -0.3 is 18.3 Å². The summed E-state index contributed by atoms with van der Waals surface area (Å²) >= 11 is 0. The Morgan fingerprint density at radius 3 is 1.96 bits per heavy atom.